The maximum atomic E-state index is 11.5. The summed E-state index contributed by atoms with van der Waals surface area (Å²) in [5, 5.41) is 0. The topological polar surface area (TPSA) is 40.6 Å². The highest BCUT2D eigenvalue weighted by molar-refractivity contribution is 6.03. The molecule has 4 heteroatoms. The van der Waals surface area contributed by atoms with Crippen LogP contribution in [0.5, 0.6) is 0 Å². The first-order valence-electron chi connectivity index (χ1n) is 5.69. The molecule has 0 radical (unpaired) electrons. The molecule has 2 rings (SSSR count). The summed E-state index contributed by atoms with van der Waals surface area (Å²) in [5.41, 5.74) is 0. The quantitative estimate of drug-likeness (QED) is 0.573. The summed E-state index contributed by atoms with van der Waals surface area (Å²) in [7, 11) is 1.56. The Morgan fingerprint density at radius 3 is 2.40 bits per heavy atom. The molecule has 0 aromatic rings. The number of likely N-dealkylation sites (N-methyl/N-ethyl adjacent to an activating group) is 1. The van der Waals surface area contributed by atoms with E-state index in [1.165, 1.54) is 4.90 Å². The van der Waals surface area contributed by atoms with Crippen molar-refractivity contribution in [2.24, 2.45) is 5.92 Å². The zero-order chi connectivity index (χ0) is 11.6. The molecular weight excluding hydrogens is 192 g/mol. The number of rotatable bonds is 0. The van der Waals surface area contributed by atoms with E-state index in [4.69, 9.17) is 0 Å². The van der Waals surface area contributed by atoms with Gasteiger partial charge in [-0.25, -0.2) is 4.79 Å². The average molecular weight is 212 g/mol. The number of urea groups is 1. The van der Waals surface area contributed by atoms with E-state index in [1.54, 1.807) is 11.9 Å². The minimum absolute atomic E-state index is 0.0306. The fourth-order valence-corrected chi connectivity index (χ4v) is 2.13. The fraction of sp³-hybridized carbons (Fsp3) is 0.818. The third kappa shape index (κ3) is 1.98. The Hall–Kier alpha value is -1.06. The highest BCUT2D eigenvalue weighted by atomic mass is 16.2. The Morgan fingerprint density at radius 1 is 1.20 bits per heavy atom. The van der Waals surface area contributed by atoms with Gasteiger partial charge in [-0.3, -0.25) is 9.69 Å². The first-order valence-corrected chi connectivity index (χ1v) is 5.69. The molecule has 3 amide bonds. The van der Waals surface area contributed by atoms with Gasteiger partial charge in [0, 0.05) is 13.6 Å². The van der Waals surface area contributed by atoms with E-state index in [2.05, 4.69) is 6.92 Å². The van der Waals surface area contributed by atoms with Crippen LogP contribution < -0.4 is 0 Å². The van der Waals surface area contributed by atoms with Crippen molar-refractivity contribution >= 4 is 11.9 Å². The minimum Gasteiger partial charge on any atom is -0.312 e. The predicted molar refractivity (Wildman–Crippen MR) is 58.4 cm³/mol. The summed E-state index contributed by atoms with van der Waals surface area (Å²) >= 11 is 0. The molecule has 4 nitrogen and oxygen atoms in total. The van der Waals surface area contributed by atoms with E-state index in [1.807, 2.05) is 13.8 Å². The highest BCUT2D eigenvalue weighted by Gasteiger charge is 2.45. The number of carbonyl (C=O) groups excluding carboxylic acids is 2. The molecule has 86 valence electrons. The molecule has 2 fully saturated rings. The molecule has 15 heavy (non-hydrogen) atoms. The largest absolute Gasteiger partial charge is 0.327 e. The molecule has 2 heterocycles. The lowest BCUT2D eigenvalue weighted by atomic mass is 9.95. The summed E-state index contributed by atoms with van der Waals surface area (Å²) < 4.78 is 0. The molecule has 0 aliphatic carbocycles. The van der Waals surface area contributed by atoms with Crippen molar-refractivity contribution in [3.63, 3.8) is 0 Å². The number of fused-ring (bicyclic) bond motifs is 1. The van der Waals surface area contributed by atoms with Crippen LogP contribution in [0.3, 0.4) is 0 Å². The van der Waals surface area contributed by atoms with Gasteiger partial charge in [0.2, 0.25) is 0 Å². The lowest BCUT2D eigenvalue weighted by molar-refractivity contribution is -0.128. The Labute approximate surface area is 91.2 Å². The smallest absolute Gasteiger partial charge is 0.312 e. The van der Waals surface area contributed by atoms with Crippen molar-refractivity contribution in [3.8, 4) is 0 Å². The molecule has 2 aliphatic rings. The predicted octanol–water partition coefficient (Wildman–Crippen LogP) is 1.71. The van der Waals surface area contributed by atoms with Gasteiger partial charge in [-0.05, 0) is 18.8 Å². The number of carbonyl (C=O) groups is 2. The lowest BCUT2D eigenvalue weighted by Gasteiger charge is -2.30. The van der Waals surface area contributed by atoms with E-state index >= 15 is 0 Å². The molecule has 2 atom stereocenters. The average Bonchev–Trinajstić information content (AvgIpc) is 2.47. The van der Waals surface area contributed by atoms with Gasteiger partial charge in [0.15, 0.2) is 0 Å². The van der Waals surface area contributed by atoms with Crippen LogP contribution in [-0.2, 0) is 4.79 Å². The first-order chi connectivity index (χ1) is 7.11. The SMILES string of the molecule is CC.CC1CCC2C(=O)N(C)C(=O)N2C1. The van der Waals surface area contributed by atoms with E-state index in [0.717, 1.165) is 19.4 Å². The molecule has 2 aliphatic heterocycles. The Balaban J connectivity index is 0.000000531. The number of imide groups is 1. The second-order valence-corrected chi connectivity index (χ2v) is 4.03. The molecular formula is C11H20N2O2. The van der Waals surface area contributed by atoms with Crippen LogP contribution in [-0.4, -0.2) is 41.4 Å². The molecule has 0 spiro atoms. The van der Waals surface area contributed by atoms with Crippen molar-refractivity contribution in [3.05, 3.63) is 0 Å². The lowest BCUT2D eigenvalue weighted by Crippen LogP contribution is -2.42. The number of piperidine rings is 1. The summed E-state index contributed by atoms with van der Waals surface area (Å²) in [6.45, 7) is 6.85. The molecule has 0 N–H and O–H groups in total. The maximum Gasteiger partial charge on any atom is 0.327 e. The van der Waals surface area contributed by atoms with Crippen LogP contribution >= 0.6 is 0 Å². The van der Waals surface area contributed by atoms with Gasteiger partial charge in [0.05, 0.1) is 0 Å². The number of nitrogens with zero attached hydrogens (tertiary/aromatic N) is 2. The Bertz CT molecular complexity index is 265. The third-order valence-corrected chi connectivity index (χ3v) is 2.97. The molecule has 0 aromatic heterocycles. The van der Waals surface area contributed by atoms with Gasteiger partial charge >= 0.3 is 6.03 Å². The monoisotopic (exact) mass is 212 g/mol. The first kappa shape index (κ1) is 12.0. The van der Waals surface area contributed by atoms with Crippen molar-refractivity contribution in [2.75, 3.05) is 13.6 Å². The van der Waals surface area contributed by atoms with Crippen molar-refractivity contribution in [2.45, 2.75) is 39.7 Å². The van der Waals surface area contributed by atoms with Gasteiger partial charge in [0.1, 0.15) is 6.04 Å². The Morgan fingerprint density at radius 2 is 1.80 bits per heavy atom. The van der Waals surface area contributed by atoms with Crippen molar-refractivity contribution in [1.29, 1.82) is 0 Å². The maximum absolute atomic E-state index is 11.5. The van der Waals surface area contributed by atoms with Gasteiger partial charge < -0.3 is 4.90 Å². The summed E-state index contributed by atoms with van der Waals surface area (Å²) in [4.78, 5) is 26.0. The molecule has 0 aromatic carbocycles. The molecule has 0 bridgehead atoms. The molecule has 0 saturated carbocycles. The van der Waals surface area contributed by atoms with Gasteiger partial charge in [-0.15, -0.1) is 0 Å². The summed E-state index contributed by atoms with van der Waals surface area (Å²) in [6, 6.07) is -0.282. The zero-order valence-corrected chi connectivity index (χ0v) is 9.99. The van der Waals surface area contributed by atoms with Gasteiger partial charge in [-0.2, -0.15) is 0 Å². The van der Waals surface area contributed by atoms with E-state index in [9.17, 15) is 9.59 Å². The fourth-order valence-electron chi connectivity index (χ4n) is 2.13. The van der Waals surface area contributed by atoms with E-state index < -0.39 is 0 Å². The van der Waals surface area contributed by atoms with E-state index in [-0.39, 0.29) is 18.0 Å². The normalized spacial score (nSPS) is 29.9. The van der Waals surface area contributed by atoms with Gasteiger partial charge in [0.25, 0.3) is 5.91 Å². The second kappa shape index (κ2) is 4.64. The standard InChI is InChI=1S/C9H14N2O2.C2H6/c1-6-3-4-7-8(12)10(2)9(13)11(7)5-6;1-2/h6-7H,3-5H2,1-2H3;1-2H3. The van der Waals surface area contributed by atoms with Crippen molar-refractivity contribution < 1.29 is 9.59 Å². The third-order valence-electron chi connectivity index (χ3n) is 2.97. The van der Waals surface area contributed by atoms with Crippen LogP contribution in [0.2, 0.25) is 0 Å². The Kier molecular flexibility index (Phi) is 3.72. The molecule has 2 saturated heterocycles. The van der Waals surface area contributed by atoms with E-state index in [0.29, 0.717) is 5.92 Å². The number of amides is 3. The second-order valence-electron chi connectivity index (χ2n) is 4.03. The van der Waals surface area contributed by atoms with Crippen LogP contribution in [0.25, 0.3) is 0 Å². The molecule has 2 unspecified atom stereocenters. The van der Waals surface area contributed by atoms with Crippen LogP contribution in [0.1, 0.15) is 33.6 Å². The van der Waals surface area contributed by atoms with Crippen LogP contribution in [0.15, 0.2) is 0 Å². The number of hydrogen-bond acceptors (Lipinski definition) is 2. The van der Waals surface area contributed by atoms with Crippen LogP contribution in [0, 0.1) is 5.92 Å². The van der Waals surface area contributed by atoms with Gasteiger partial charge in [-0.1, -0.05) is 20.8 Å². The van der Waals surface area contributed by atoms with Crippen molar-refractivity contribution in [1.82, 2.24) is 9.80 Å². The minimum atomic E-state index is -0.159. The van der Waals surface area contributed by atoms with Crippen LogP contribution in [0.4, 0.5) is 4.79 Å². The zero-order valence-electron chi connectivity index (χ0n) is 9.99. The highest BCUT2D eigenvalue weighted by Crippen LogP contribution is 2.28. The summed E-state index contributed by atoms with van der Waals surface area (Å²) in [6.07, 6.45) is 1.88. The summed E-state index contributed by atoms with van der Waals surface area (Å²) in [5.74, 6) is 0.497. The number of hydrogen-bond donors (Lipinski definition) is 0.